The Morgan fingerprint density at radius 1 is 1.03 bits per heavy atom. The van der Waals surface area contributed by atoms with Crippen molar-refractivity contribution in [2.45, 2.75) is 83.6 Å². The van der Waals surface area contributed by atoms with Crippen LogP contribution in [0.2, 0.25) is 0 Å². The summed E-state index contributed by atoms with van der Waals surface area (Å²) >= 11 is 0. The van der Waals surface area contributed by atoms with E-state index < -0.39 is 10.0 Å². The van der Waals surface area contributed by atoms with E-state index in [0.717, 1.165) is 18.4 Å². The van der Waals surface area contributed by atoms with Crippen molar-refractivity contribution in [2.75, 3.05) is 13.1 Å². The maximum atomic E-state index is 12.9. The molecule has 0 bridgehead atoms. The highest BCUT2D eigenvalue weighted by molar-refractivity contribution is 7.89. The molecule has 29 heavy (non-hydrogen) atoms. The lowest BCUT2D eigenvalue weighted by Gasteiger charge is -2.31. The average molecular weight is 423 g/mol. The molecule has 1 aliphatic rings. The van der Waals surface area contributed by atoms with Crippen LogP contribution in [0, 0.1) is 11.8 Å². The summed E-state index contributed by atoms with van der Waals surface area (Å²) in [5, 5.41) is 3.12. The average Bonchev–Trinajstić information content (AvgIpc) is 2.67. The Morgan fingerprint density at radius 3 is 2.14 bits per heavy atom. The van der Waals surface area contributed by atoms with Gasteiger partial charge in [-0.15, -0.1) is 0 Å². The standard InChI is InChI=1S/C23H38N2O3S/c1-17(2)7-6-8-19(5)24-23(26)21-13-15-25(16-14-21)29(27,28)22-11-9-20(10-12-22)18(3)4/h9-12,17-19,21H,6-8,13-16H2,1-5H3,(H,24,26). The van der Waals surface area contributed by atoms with Crippen LogP contribution >= 0.6 is 0 Å². The summed E-state index contributed by atoms with van der Waals surface area (Å²) in [5.74, 6) is 1.03. The van der Waals surface area contributed by atoms with Crippen LogP contribution in [0.15, 0.2) is 29.2 Å². The fourth-order valence-electron chi connectivity index (χ4n) is 3.80. The number of hydrogen-bond donors (Lipinski definition) is 1. The number of rotatable bonds is 9. The van der Waals surface area contributed by atoms with Crippen LogP contribution in [0.4, 0.5) is 0 Å². The molecule has 1 aromatic carbocycles. The summed E-state index contributed by atoms with van der Waals surface area (Å²) in [7, 11) is -3.50. The first-order valence-electron chi connectivity index (χ1n) is 11.0. The van der Waals surface area contributed by atoms with Crippen LogP contribution in [0.25, 0.3) is 0 Å². The Balaban J connectivity index is 1.86. The van der Waals surface area contributed by atoms with E-state index >= 15 is 0 Å². The van der Waals surface area contributed by atoms with Gasteiger partial charge in [-0.25, -0.2) is 8.42 Å². The van der Waals surface area contributed by atoms with E-state index in [1.54, 1.807) is 12.1 Å². The zero-order valence-corrected chi connectivity index (χ0v) is 19.5. The van der Waals surface area contributed by atoms with Gasteiger partial charge in [0.15, 0.2) is 0 Å². The molecule has 1 fully saturated rings. The molecule has 1 amide bonds. The first kappa shape index (κ1) is 23.9. The smallest absolute Gasteiger partial charge is 0.243 e. The minimum absolute atomic E-state index is 0.0698. The molecule has 1 heterocycles. The zero-order valence-electron chi connectivity index (χ0n) is 18.6. The van der Waals surface area contributed by atoms with E-state index in [0.29, 0.717) is 42.7 Å². The maximum Gasteiger partial charge on any atom is 0.243 e. The van der Waals surface area contributed by atoms with E-state index in [4.69, 9.17) is 0 Å². The molecule has 0 spiro atoms. The first-order valence-corrected chi connectivity index (χ1v) is 12.5. The molecule has 0 saturated carbocycles. The lowest BCUT2D eigenvalue weighted by Crippen LogP contribution is -2.44. The molecule has 0 aromatic heterocycles. The molecule has 1 N–H and O–H groups in total. The quantitative estimate of drug-likeness (QED) is 0.635. The van der Waals surface area contributed by atoms with Crippen molar-refractivity contribution >= 4 is 15.9 Å². The van der Waals surface area contributed by atoms with Crippen molar-refractivity contribution in [3.05, 3.63) is 29.8 Å². The van der Waals surface area contributed by atoms with E-state index in [2.05, 4.69) is 39.9 Å². The molecule has 1 unspecified atom stereocenters. The van der Waals surface area contributed by atoms with Crippen LogP contribution in [0.3, 0.4) is 0 Å². The third-order valence-electron chi connectivity index (χ3n) is 5.82. The topological polar surface area (TPSA) is 66.5 Å². The molecule has 0 radical (unpaired) electrons. The van der Waals surface area contributed by atoms with E-state index in [1.807, 2.05) is 12.1 Å². The minimum atomic E-state index is -3.50. The minimum Gasteiger partial charge on any atom is -0.353 e. The summed E-state index contributed by atoms with van der Waals surface area (Å²) in [6.07, 6.45) is 4.44. The van der Waals surface area contributed by atoms with Crippen LogP contribution < -0.4 is 5.32 Å². The van der Waals surface area contributed by atoms with Crippen LogP contribution in [0.5, 0.6) is 0 Å². The molecule has 1 aromatic rings. The molecule has 2 rings (SSSR count). The third-order valence-corrected chi connectivity index (χ3v) is 7.73. The van der Waals surface area contributed by atoms with Gasteiger partial charge in [-0.1, -0.05) is 52.7 Å². The summed E-state index contributed by atoms with van der Waals surface area (Å²) in [6.45, 7) is 11.4. The Hall–Kier alpha value is -1.40. The monoisotopic (exact) mass is 422 g/mol. The van der Waals surface area contributed by atoms with Gasteiger partial charge in [-0.2, -0.15) is 4.31 Å². The number of benzene rings is 1. The lowest BCUT2D eigenvalue weighted by molar-refractivity contribution is -0.126. The number of sulfonamides is 1. The molecule has 6 heteroatoms. The van der Waals surface area contributed by atoms with Gasteiger partial charge >= 0.3 is 0 Å². The summed E-state index contributed by atoms with van der Waals surface area (Å²) in [4.78, 5) is 12.9. The Labute approximate surface area is 177 Å². The summed E-state index contributed by atoms with van der Waals surface area (Å²) in [6, 6.07) is 7.34. The molecule has 164 valence electrons. The highest BCUT2D eigenvalue weighted by Crippen LogP contribution is 2.25. The number of nitrogens with zero attached hydrogens (tertiary/aromatic N) is 1. The summed E-state index contributed by atoms with van der Waals surface area (Å²) in [5.41, 5.74) is 1.13. The van der Waals surface area contributed by atoms with Crippen molar-refractivity contribution in [2.24, 2.45) is 11.8 Å². The Morgan fingerprint density at radius 2 is 1.62 bits per heavy atom. The SMILES string of the molecule is CC(C)CCCC(C)NC(=O)C1CCN(S(=O)(=O)c2ccc(C(C)C)cc2)CC1. The van der Waals surface area contributed by atoms with E-state index in [-0.39, 0.29) is 17.9 Å². The van der Waals surface area contributed by atoms with Crippen molar-refractivity contribution in [1.82, 2.24) is 9.62 Å². The van der Waals surface area contributed by atoms with Gasteiger partial charge in [0.05, 0.1) is 4.90 Å². The van der Waals surface area contributed by atoms with Crippen LogP contribution in [-0.2, 0) is 14.8 Å². The van der Waals surface area contributed by atoms with Crippen molar-refractivity contribution in [3.63, 3.8) is 0 Å². The zero-order chi connectivity index (χ0) is 21.6. The largest absolute Gasteiger partial charge is 0.353 e. The number of carbonyl (C=O) groups is 1. The number of piperidine rings is 1. The van der Waals surface area contributed by atoms with Crippen molar-refractivity contribution in [3.8, 4) is 0 Å². The molecular formula is C23H38N2O3S. The van der Waals surface area contributed by atoms with Crippen LogP contribution in [0.1, 0.15) is 78.2 Å². The normalized spacial score (nSPS) is 17.6. The van der Waals surface area contributed by atoms with E-state index in [9.17, 15) is 13.2 Å². The Kier molecular flexibility index (Phi) is 8.71. The molecule has 1 saturated heterocycles. The number of hydrogen-bond acceptors (Lipinski definition) is 3. The molecule has 1 atom stereocenters. The molecule has 1 aliphatic heterocycles. The number of carbonyl (C=O) groups excluding carboxylic acids is 1. The number of amides is 1. The molecule has 0 aliphatic carbocycles. The maximum absolute atomic E-state index is 12.9. The fraction of sp³-hybridized carbons (Fsp3) is 0.696. The van der Waals surface area contributed by atoms with Gasteiger partial charge in [-0.05, 0) is 55.7 Å². The second-order valence-electron chi connectivity index (χ2n) is 9.14. The third kappa shape index (κ3) is 6.82. The fourth-order valence-corrected chi connectivity index (χ4v) is 5.27. The predicted octanol–water partition coefficient (Wildman–Crippen LogP) is 4.54. The first-order chi connectivity index (χ1) is 13.6. The molecular weight excluding hydrogens is 384 g/mol. The predicted molar refractivity (Wildman–Crippen MR) is 118 cm³/mol. The Bertz CT molecular complexity index is 749. The van der Waals surface area contributed by atoms with Gasteiger partial charge in [0.2, 0.25) is 15.9 Å². The van der Waals surface area contributed by atoms with Gasteiger partial charge in [-0.3, -0.25) is 4.79 Å². The van der Waals surface area contributed by atoms with Gasteiger partial charge in [0.1, 0.15) is 0 Å². The van der Waals surface area contributed by atoms with Gasteiger partial charge in [0, 0.05) is 25.0 Å². The molecule has 5 nitrogen and oxygen atoms in total. The highest BCUT2D eigenvalue weighted by atomic mass is 32.2. The number of nitrogens with one attached hydrogen (secondary N) is 1. The van der Waals surface area contributed by atoms with Crippen molar-refractivity contribution in [1.29, 1.82) is 0 Å². The second-order valence-corrected chi connectivity index (χ2v) is 11.1. The second kappa shape index (κ2) is 10.6. The van der Waals surface area contributed by atoms with Gasteiger partial charge in [0.25, 0.3) is 0 Å². The van der Waals surface area contributed by atoms with Crippen LogP contribution in [-0.4, -0.2) is 37.8 Å². The van der Waals surface area contributed by atoms with Crippen molar-refractivity contribution < 1.29 is 13.2 Å². The van der Waals surface area contributed by atoms with E-state index in [1.165, 1.54) is 10.7 Å². The lowest BCUT2D eigenvalue weighted by atomic mass is 9.96. The summed E-state index contributed by atoms with van der Waals surface area (Å²) < 4.78 is 27.4. The van der Waals surface area contributed by atoms with Gasteiger partial charge < -0.3 is 5.32 Å². The highest BCUT2D eigenvalue weighted by Gasteiger charge is 2.32.